The molecule has 1 atom stereocenters. The largest absolute Gasteiger partial charge is 0.355 e. The number of likely N-dealkylation sites (tertiary alicyclic amines) is 1. The molecule has 23 heavy (non-hydrogen) atoms. The molecule has 1 aromatic carbocycles. The zero-order valence-electron chi connectivity index (χ0n) is 13.3. The van der Waals surface area contributed by atoms with E-state index in [1.807, 2.05) is 6.20 Å². The van der Waals surface area contributed by atoms with E-state index in [0.29, 0.717) is 6.04 Å². The minimum atomic E-state index is 0.492. The van der Waals surface area contributed by atoms with E-state index >= 15 is 0 Å². The number of aromatic amines is 1. The summed E-state index contributed by atoms with van der Waals surface area (Å²) < 4.78 is 0. The molecule has 0 radical (unpaired) electrons. The molecule has 1 saturated heterocycles. The van der Waals surface area contributed by atoms with Crippen LogP contribution in [0.25, 0.3) is 11.0 Å². The van der Waals surface area contributed by atoms with E-state index in [1.54, 1.807) is 6.33 Å². The highest BCUT2D eigenvalue weighted by molar-refractivity contribution is 5.87. The summed E-state index contributed by atoms with van der Waals surface area (Å²) in [6.07, 6.45) is 4.73. The van der Waals surface area contributed by atoms with Gasteiger partial charge in [-0.2, -0.15) is 0 Å². The third-order valence-corrected chi connectivity index (χ3v) is 4.71. The summed E-state index contributed by atoms with van der Waals surface area (Å²) in [5, 5.41) is 1.09. The van der Waals surface area contributed by atoms with Crippen molar-refractivity contribution in [1.29, 1.82) is 0 Å². The van der Waals surface area contributed by atoms with Crippen molar-refractivity contribution in [3.8, 4) is 0 Å². The summed E-state index contributed by atoms with van der Waals surface area (Å²) in [6, 6.07) is 13.2. The summed E-state index contributed by atoms with van der Waals surface area (Å²) in [4.78, 5) is 16.8. The normalized spacial score (nSPS) is 18.6. The number of likely N-dealkylation sites (N-methyl/N-ethyl adjacent to an activating group) is 1. The van der Waals surface area contributed by atoms with Crippen molar-refractivity contribution in [3.05, 3.63) is 54.5 Å². The topological polar surface area (TPSA) is 48.1 Å². The summed E-state index contributed by atoms with van der Waals surface area (Å²) in [5.74, 6) is 1.02. The van der Waals surface area contributed by atoms with Gasteiger partial charge in [-0.15, -0.1) is 0 Å². The number of hydrogen-bond acceptors (Lipinski definition) is 4. The van der Waals surface area contributed by atoms with Crippen LogP contribution in [-0.4, -0.2) is 46.0 Å². The zero-order chi connectivity index (χ0) is 15.6. The second-order valence-corrected chi connectivity index (χ2v) is 6.21. The molecule has 1 aliphatic heterocycles. The van der Waals surface area contributed by atoms with E-state index < -0.39 is 0 Å². The van der Waals surface area contributed by atoms with Crippen molar-refractivity contribution in [2.75, 3.05) is 25.0 Å². The van der Waals surface area contributed by atoms with Gasteiger partial charge in [-0.05, 0) is 18.1 Å². The molecule has 0 aliphatic carbocycles. The van der Waals surface area contributed by atoms with Crippen LogP contribution in [0.4, 0.5) is 5.82 Å². The number of aromatic nitrogens is 3. The quantitative estimate of drug-likeness (QED) is 0.805. The molecule has 5 heteroatoms. The molecule has 3 aromatic rings. The highest BCUT2D eigenvalue weighted by atomic mass is 15.3. The second kappa shape index (κ2) is 6.01. The van der Waals surface area contributed by atoms with Crippen molar-refractivity contribution >= 4 is 16.9 Å². The Morgan fingerprint density at radius 2 is 2.09 bits per heavy atom. The van der Waals surface area contributed by atoms with Gasteiger partial charge < -0.3 is 9.88 Å². The Labute approximate surface area is 136 Å². The Balaban J connectivity index is 1.48. The summed E-state index contributed by atoms with van der Waals surface area (Å²) in [5.41, 5.74) is 2.28. The van der Waals surface area contributed by atoms with Crippen LogP contribution in [0.3, 0.4) is 0 Å². The van der Waals surface area contributed by atoms with Crippen molar-refractivity contribution < 1.29 is 0 Å². The molecule has 5 nitrogen and oxygen atoms in total. The predicted molar refractivity (Wildman–Crippen MR) is 92.4 cm³/mol. The fourth-order valence-electron chi connectivity index (χ4n) is 3.43. The minimum absolute atomic E-state index is 0.492. The van der Waals surface area contributed by atoms with Crippen LogP contribution < -0.4 is 4.90 Å². The molecular weight excluding hydrogens is 286 g/mol. The number of benzene rings is 1. The smallest absolute Gasteiger partial charge is 0.142 e. The zero-order valence-corrected chi connectivity index (χ0v) is 13.3. The Morgan fingerprint density at radius 3 is 2.96 bits per heavy atom. The van der Waals surface area contributed by atoms with Crippen LogP contribution in [-0.2, 0) is 6.54 Å². The number of rotatable bonds is 4. The molecule has 0 amide bonds. The number of H-pyrrole nitrogens is 1. The number of anilines is 1. The van der Waals surface area contributed by atoms with Crippen LogP contribution in [0.1, 0.15) is 12.0 Å². The van der Waals surface area contributed by atoms with Gasteiger partial charge in [0.1, 0.15) is 17.8 Å². The SMILES string of the molecule is CN(c1ncnc2[nH]ccc12)[C@H]1CCN(Cc2ccccc2)C1. The third kappa shape index (κ3) is 2.80. The van der Waals surface area contributed by atoms with Crippen LogP contribution in [0.15, 0.2) is 48.9 Å². The van der Waals surface area contributed by atoms with Crippen molar-refractivity contribution in [2.45, 2.75) is 19.0 Å². The first kappa shape index (κ1) is 14.2. The lowest BCUT2D eigenvalue weighted by atomic mass is 10.2. The van der Waals surface area contributed by atoms with Crippen molar-refractivity contribution in [1.82, 2.24) is 19.9 Å². The monoisotopic (exact) mass is 307 g/mol. The molecule has 0 spiro atoms. The van der Waals surface area contributed by atoms with Crippen LogP contribution in [0, 0.1) is 0 Å². The maximum atomic E-state index is 4.51. The first-order valence-electron chi connectivity index (χ1n) is 8.08. The molecule has 2 aromatic heterocycles. The lowest BCUT2D eigenvalue weighted by Gasteiger charge is -2.26. The van der Waals surface area contributed by atoms with E-state index in [9.17, 15) is 0 Å². The molecule has 4 rings (SSSR count). The van der Waals surface area contributed by atoms with Gasteiger partial charge >= 0.3 is 0 Å². The van der Waals surface area contributed by atoms with Gasteiger partial charge in [0.15, 0.2) is 0 Å². The molecular formula is C18H21N5. The molecule has 1 N–H and O–H groups in total. The summed E-state index contributed by atoms with van der Waals surface area (Å²) >= 11 is 0. The maximum absolute atomic E-state index is 4.51. The van der Waals surface area contributed by atoms with Gasteiger partial charge in [-0.25, -0.2) is 9.97 Å². The fraction of sp³-hybridized carbons (Fsp3) is 0.333. The van der Waals surface area contributed by atoms with Gasteiger partial charge in [0.05, 0.1) is 5.39 Å². The average Bonchev–Trinajstić information content (AvgIpc) is 3.24. The lowest BCUT2D eigenvalue weighted by molar-refractivity contribution is 0.326. The van der Waals surface area contributed by atoms with Crippen molar-refractivity contribution in [3.63, 3.8) is 0 Å². The van der Waals surface area contributed by atoms with Gasteiger partial charge in [0.2, 0.25) is 0 Å². The van der Waals surface area contributed by atoms with Gasteiger partial charge in [-0.1, -0.05) is 30.3 Å². The standard InChI is InChI=1S/C18H21N5/c1-22(18-16-7-9-19-17(16)20-13-21-18)15-8-10-23(12-15)11-14-5-3-2-4-6-14/h2-7,9,13,15H,8,10-12H2,1H3,(H,19,20,21)/t15-/m0/s1. The van der Waals surface area contributed by atoms with E-state index in [4.69, 9.17) is 0 Å². The van der Waals surface area contributed by atoms with E-state index in [-0.39, 0.29) is 0 Å². The Hall–Kier alpha value is -2.40. The maximum Gasteiger partial charge on any atom is 0.142 e. The first-order chi connectivity index (χ1) is 11.3. The van der Waals surface area contributed by atoms with Gasteiger partial charge in [-0.3, -0.25) is 4.90 Å². The van der Waals surface area contributed by atoms with Gasteiger partial charge in [0, 0.05) is 38.9 Å². The molecule has 0 unspecified atom stereocenters. The van der Waals surface area contributed by atoms with Crippen LogP contribution in [0.5, 0.6) is 0 Å². The number of nitrogens with one attached hydrogen (secondary N) is 1. The molecule has 118 valence electrons. The third-order valence-electron chi connectivity index (χ3n) is 4.71. The Bertz CT molecular complexity index is 782. The van der Waals surface area contributed by atoms with Crippen molar-refractivity contribution in [2.24, 2.45) is 0 Å². The molecule has 1 fully saturated rings. The number of hydrogen-bond donors (Lipinski definition) is 1. The highest BCUT2D eigenvalue weighted by Gasteiger charge is 2.27. The molecule has 1 aliphatic rings. The van der Waals surface area contributed by atoms with E-state index in [0.717, 1.165) is 36.5 Å². The Kier molecular flexibility index (Phi) is 3.71. The van der Waals surface area contributed by atoms with Gasteiger partial charge in [0.25, 0.3) is 0 Å². The van der Waals surface area contributed by atoms with Crippen LogP contribution in [0.2, 0.25) is 0 Å². The predicted octanol–water partition coefficient (Wildman–Crippen LogP) is 2.67. The Morgan fingerprint density at radius 1 is 1.22 bits per heavy atom. The lowest BCUT2D eigenvalue weighted by Crippen LogP contribution is -2.35. The number of fused-ring (bicyclic) bond motifs is 1. The van der Waals surface area contributed by atoms with E-state index in [1.165, 1.54) is 12.0 Å². The second-order valence-electron chi connectivity index (χ2n) is 6.21. The summed E-state index contributed by atoms with van der Waals surface area (Å²) in [6.45, 7) is 3.22. The minimum Gasteiger partial charge on any atom is -0.355 e. The average molecular weight is 307 g/mol. The molecule has 0 saturated carbocycles. The van der Waals surface area contributed by atoms with E-state index in [2.05, 4.69) is 68.2 Å². The highest BCUT2D eigenvalue weighted by Crippen LogP contribution is 2.26. The van der Waals surface area contributed by atoms with Crippen LogP contribution >= 0.6 is 0 Å². The number of nitrogens with zero attached hydrogens (tertiary/aromatic N) is 4. The molecule has 0 bridgehead atoms. The first-order valence-corrected chi connectivity index (χ1v) is 8.08. The molecule has 3 heterocycles. The fourth-order valence-corrected chi connectivity index (χ4v) is 3.43. The summed E-state index contributed by atoms with van der Waals surface area (Å²) in [7, 11) is 2.14.